The number of benzene rings is 3. The molecule has 2 heterocycles. The molecule has 0 aliphatic carbocycles. The van der Waals surface area contributed by atoms with E-state index in [0.717, 1.165) is 27.8 Å². The number of H-pyrrole nitrogens is 1. The maximum absolute atomic E-state index is 13.8. The average molecular weight is 540 g/mol. The molecule has 0 saturated heterocycles. The smallest absolute Gasteiger partial charge is 0.273 e. The van der Waals surface area contributed by atoms with Gasteiger partial charge < -0.3 is 24.2 Å². The lowest BCUT2D eigenvalue weighted by Crippen LogP contribution is -2.31. The number of amides is 1. The van der Waals surface area contributed by atoms with Crippen LogP contribution in [0.15, 0.2) is 67.3 Å². The second-order valence-electron chi connectivity index (χ2n) is 9.85. The van der Waals surface area contributed by atoms with Gasteiger partial charge >= 0.3 is 0 Å². The Bertz CT molecular complexity index is 1580. The fourth-order valence-corrected chi connectivity index (χ4v) is 5.33. The summed E-state index contributed by atoms with van der Waals surface area (Å²) >= 11 is 0. The Labute approximate surface area is 233 Å². The molecule has 3 aromatic carbocycles. The first-order valence-electron chi connectivity index (χ1n) is 13.1. The molecule has 2 N–H and O–H groups in total. The fourth-order valence-electron chi connectivity index (χ4n) is 5.33. The van der Waals surface area contributed by atoms with Gasteiger partial charge in [-0.05, 0) is 72.9 Å². The molecule has 5 rings (SSSR count). The number of methoxy groups -OCH3 is 2. The van der Waals surface area contributed by atoms with E-state index < -0.39 is 6.04 Å². The predicted molar refractivity (Wildman–Crippen MR) is 153 cm³/mol. The predicted octanol–water partition coefficient (Wildman–Crippen LogP) is 5.77. The summed E-state index contributed by atoms with van der Waals surface area (Å²) in [7, 11) is 3.21. The van der Waals surface area contributed by atoms with Gasteiger partial charge in [-0.15, -0.1) is 0 Å². The van der Waals surface area contributed by atoms with Crippen LogP contribution >= 0.6 is 0 Å². The molecule has 1 aliphatic rings. The van der Waals surface area contributed by atoms with Gasteiger partial charge in [0, 0.05) is 17.7 Å². The van der Waals surface area contributed by atoms with Crippen LogP contribution in [0.1, 0.15) is 44.3 Å². The number of nitrogens with zero attached hydrogens (tertiary/aromatic N) is 2. The highest BCUT2D eigenvalue weighted by Crippen LogP contribution is 2.45. The van der Waals surface area contributed by atoms with Gasteiger partial charge in [-0.3, -0.25) is 9.89 Å². The van der Waals surface area contributed by atoms with Crippen LogP contribution in [0.4, 0.5) is 0 Å². The molecule has 0 radical (unpaired) electrons. The highest BCUT2D eigenvalue weighted by molar-refractivity contribution is 6.00. The summed E-state index contributed by atoms with van der Waals surface area (Å²) in [5.74, 6) is 1.96. The summed E-state index contributed by atoms with van der Waals surface area (Å²) in [5, 5.41) is 18.5. The molecule has 206 valence electrons. The van der Waals surface area contributed by atoms with Gasteiger partial charge in [-0.2, -0.15) is 5.10 Å². The molecule has 1 aliphatic heterocycles. The number of aromatic nitrogens is 2. The number of ether oxygens (including phenoxy) is 3. The van der Waals surface area contributed by atoms with Crippen LogP contribution in [0.5, 0.6) is 23.0 Å². The first-order valence-corrected chi connectivity index (χ1v) is 13.1. The Kier molecular flexibility index (Phi) is 7.51. The van der Waals surface area contributed by atoms with Gasteiger partial charge in [0.1, 0.15) is 29.5 Å². The zero-order chi connectivity index (χ0) is 28.4. The van der Waals surface area contributed by atoms with E-state index in [1.165, 1.54) is 0 Å². The van der Waals surface area contributed by atoms with Crippen molar-refractivity contribution >= 4 is 5.91 Å². The quantitative estimate of drug-likeness (QED) is 0.249. The summed E-state index contributed by atoms with van der Waals surface area (Å²) in [6.07, 6.45) is 2.29. The molecule has 8 nitrogen and oxygen atoms in total. The van der Waals surface area contributed by atoms with Crippen molar-refractivity contribution in [3.8, 4) is 34.3 Å². The zero-order valence-electron chi connectivity index (χ0n) is 23.2. The lowest BCUT2D eigenvalue weighted by Gasteiger charge is -2.27. The second kappa shape index (κ2) is 11.2. The lowest BCUT2D eigenvalue weighted by atomic mass is 9.94. The summed E-state index contributed by atoms with van der Waals surface area (Å²) in [5.41, 5.74) is 5.94. The Morgan fingerprint density at radius 3 is 2.62 bits per heavy atom. The number of rotatable bonds is 10. The molecular formula is C32H33N3O5. The van der Waals surface area contributed by atoms with Crippen LogP contribution < -0.4 is 14.2 Å². The number of phenols is 1. The van der Waals surface area contributed by atoms with Crippen molar-refractivity contribution < 1.29 is 24.1 Å². The van der Waals surface area contributed by atoms with Crippen molar-refractivity contribution in [1.82, 2.24) is 15.1 Å². The van der Waals surface area contributed by atoms with E-state index in [1.807, 2.05) is 73.3 Å². The fraction of sp³-hybridized carbons (Fsp3) is 0.250. The van der Waals surface area contributed by atoms with Crippen molar-refractivity contribution in [2.45, 2.75) is 26.3 Å². The molecule has 1 amide bonds. The van der Waals surface area contributed by atoms with Gasteiger partial charge in [0.05, 0.1) is 20.3 Å². The van der Waals surface area contributed by atoms with Crippen LogP contribution in [0, 0.1) is 13.8 Å². The normalized spacial score (nSPS) is 14.2. The number of nitrogens with one attached hydrogen (secondary N) is 1. The summed E-state index contributed by atoms with van der Waals surface area (Å²) in [4.78, 5) is 15.7. The molecule has 40 heavy (non-hydrogen) atoms. The highest BCUT2D eigenvalue weighted by Gasteiger charge is 2.42. The summed E-state index contributed by atoms with van der Waals surface area (Å²) in [6.45, 7) is 8.38. The molecular weight excluding hydrogens is 506 g/mol. The molecule has 0 fully saturated rings. The van der Waals surface area contributed by atoms with Crippen LogP contribution in [0.3, 0.4) is 0 Å². The maximum atomic E-state index is 13.8. The van der Waals surface area contributed by atoms with E-state index in [-0.39, 0.29) is 11.7 Å². The molecule has 1 unspecified atom stereocenters. The van der Waals surface area contributed by atoms with Gasteiger partial charge in [0.2, 0.25) is 0 Å². The summed E-state index contributed by atoms with van der Waals surface area (Å²) < 4.78 is 16.7. The Balaban J connectivity index is 1.58. The van der Waals surface area contributed by atoms with Gasteiger partial charge in [-0.25, -0.2) is 0 Å². The second-order valence-corrected chi connectivity index (χ2v) is 9.85. The Morgan fingerprint density at radius 2 is 1.88 bits per heavy atom. The molecule has 4 aromatic rings. The third-order valence-corrected chi connectivity index (χ3v) is 7.19. The van der Waals surface area contributed by atoms with Crippen molar-refractivity contribution in [2.75, 3.05) is 27.4 Å². The Morgan fingerprint density at radius 1 is 1.07 bits per heavy atom. The zero-order valence-corrected chi connectivity index (χ0v) is 23.2. The summed E-state index contributed by atoms with van der Waals surface area (Å²) in [6, 6.07) is 16.9. The van der Waals surface area contributed by atoms with E-state index in [0.29, 0.717) is 53.8 Å². The number of hydrogen-bond acceptors (Lipinski definition) is 6. The van der Waals surface area contributed by atoms with Gasteiger partial charge in [0.25, 0.3) is 5.91 Å². The van der Waals surface area contributed by atoms with E-state index >= 15 is 0 Å². The van der Waals surface area contributed by atoms with E-state index in [1.54, 1.807) is 20.3 Å². The SMILES string of the molecule is C=CCOc1cccc(C2c3c(-c4cc(C)cc(C)c4O)n[nH]c3C(=O)N2CCc2ccc(OC)c(OC)c2)c1. The van der Waals surface area contributed by atoms with E-state index in [9.17, 15) is 9.90 Å². The van der Waals surface area contributed by atoms with Gasteiger partial charge in [0.15, 0.2) is 11.5 Å². The number of carbonyl (C=O) groups excluding carboxylic acids is 1. The molecule has 0 saturated carbocycles. The highest BCUT2D eigenvalue weighted by atomic mass is 16.5. The van der Waals surface area contributed by atoms with Crippen molar-refractivity contribution in [2.24, 2.45) is 0 Å². The van der Waals surface area contributed by atoms with Crippen LogP contribution in [-0.4, -0.2) is 53.5 Å². The monoisotopic (exact) mass is 539 g/mol. The number of carbonyl (C=O) groups is 1. The minimum atomic E-state index is -0.441. The third kappa shape index (κ3) is 4.88. The maximum Gasteiger partial charge on any atom is 0.273 e. The lowest BCUT2D eigenvalue weighted by molar-refractivity contribution is 0.0745. The van der Waals surface area contributed by atoms with E-state index in [2.05, 4.69) is 16.8 Å². The largest absolute Gasteiger partial charge is 0.507 e. The van der Waals surface area contributed by atoms with Crippen LogP contribution in [-0.2, 0) is 6.42 Å². The van der Waals surface area contributed by atoms with Crippen molar-refractivity contribution in [1.29, 1.82) is 0 Å². The molecule has 0 bridgehead atoms. The standard InChI is InChI=1S/C32H33N3O5/c1-6-14-40-23-9-7-8-22(18-23)30-27-28(24-16-19(2)15-20(3)31(24)36)33-34-29(27)32(37)35(30)13-12-21-10-11-25(38-4)26(17-21)39-5/h6-11,15-18,30,36H,1,12-14H2,2-5H3,(H,33,34). The number of aromatic hydroxyl groups is 1. The van der Waals surface area contributed by atoms with Gasteiger partial charge in [-0.1, -0.05) is 36.9 Å². The molecule has 1 aromatic heterocycles. The number of aromatic amines is 1. The molecule has 1 atom stereocenters. The first-order chi connectivity index (χ1) is 19.4. The molecule has 8 heteroatoms. The average Bonchev–Trinajstić information content (AvgIpc) is 3.51. The Hall–Kier alpha value is -4.72. The molecule has 0 spiro atoms. The van der Waals surface area contributed by atoms with Crippen LogP contribution in [0.25, 0.3) is 11.3 Å². The topological polar surface area (TPSA) is 96.9 Å². The minimum Gasteiger partial charge on any atom is -0.507 e. The first kappa shape index (κ1) is 26.9. The minimum absolute atomic E-state index is 0.151. The van der Waals surface area contributed by atoms with Crippen LogP contribution in [0.2, 0.25) is 0 Å². The number of fused-ring (bicyclic) bond motifs is 1. The number of aryl methyl sites for hydroxylation is 2. The third-order valence-electron chi connectivity index (χ3n) is 7.19. The van der Waals surface area contributed by atoms with Crippen molar-refractivity contribution in [3.63, 3.8) is 0 Å². The van der Waals surface area contributed by atoms with Crippen molar-refractivity contribution in [3.05, 3.63) is 101 Å². The van der Waals surface area contributed by atoms with E-state index in [4.69, 9.17) is 14.2 Å². The number of hydrogen-bond donors (Lipinski definition) is 2. The number of phenolic OH excluding ortho intramolecular Hbond substituents is 1.